The van der Waals surface area contributed by atoms with Crippen LogP contribution in [0.3, 0.4) is 0 Å². The summed E-state index contributed by atoms with van der Waals surface area (Å²) in [4.78, 5) is 13.9. The maximum Gasteiger partial charge on any atom is 0.416 e. The molecule has 0 heterocycles. The molecule has 0 spiro atoms. The van der Waals surface area contributed by atoms with Crippen LogP contribution in [0.25, 0.3) is 0 Å². The van der Waals surface area contributed by atoms with Crippen LogP contribution in [0.2, 0.25) is 0 Å². The van der Waals surface area contributed by atoms with Crippen LogP contribution >= 0.6 is 0 Å². The van der Waals surface area contributed by atoms with Crippen LogP contribution in [0.5, 0.6) is 0 Å². The molecule has 1 aromatic rings. The zero-order valence-electron chi connectivity index (χ0n) is 13.5. The molecule has 3 nitrogen and oxygen atoms in total. The van der Waals surface area contributed by atoms with Crippen molar-refractivity contribution in [3.63, 3.8) is 0 Å². The summed E-state index contributed by atoms with van der Waals surface area (Å²) in [5.74, 6) is 0.624. The quantitative estimate of drug-likeness (QED) is 0.875. The highest BCUT2D eigenvalue weighted by Gasteiger charge is 2.30. The van der Waals surface area contributed by atoms with Gasteiger partial charge in [-0.1, -0.05) is 31.9 Å². The van der Waals surface area contributed by atoms with Gasteiger partial charge in [-0.05, 0) is 36.5 Å². The summed E-state index contributed by atoms with van der Waals surface area (Å²) in [6.07, 6.45) is 0.0122. The Labute approximate surface area is 134 Å². The largest absolute Gasteiger partial charge is 0.416 e. The molecule has 1 aliphatic rings. The SMILES string of the molecule is CC1CCCC(N(C)C(=O)NCc2ccc(C(F)(F)F)cc2)C1. The van der Waals surface area contributed by atoms with Gasteiger partial charge >= 0.3 is 12.2 Å². The summed E-state index contributed by atoms with van der Waals surface area (Å²) in [7, 11) is 1.78. The Morgan fingerprint density at radius 3 is 2.48 bits per heavy atom. The number of hydrogen-bond donors (Lipinski definition) is 1. The second kappa shape index (κ2) is 7.23. The van der Waals surface area contributed by atoms with E-state index in [0.717, 1.165) is 31.4 Å². The molecule has 128 valence electrons. The number of rotatable bonds is 3. The molecule has 2 unspecified atom stereocenters. The van der Waals surface area contributed by atoms with Crippen LogP contribution in [-0.4, -0.2) is 24.0 Å². The maximum atomic E-state index is 12.5. The minimum Gasteiger partial charge on any atom is -0.334 e. The van der Waals surface area contributed by atoms with Crippen molar-refractivity contribution in [1.29, 1.82) is 0 Å². The fourth-order valence-electron chi connectivity index (χ4n) is 3.03. The van der Waals surface area contributed by atoms with Gasteiger partial charge in [0.2, 0.25) is 0 Å². The molecule has 6 heteroatoms. The fourth-order valence-corrected chi connectivity index (χ4v) is 3.03. The summed E-state index contributed by atoms with van der Waals surface area (Å²) < 4.78 is 37.5. The molecule has 0 aliphatic heterocycles. The molecular weight excluding hydrogens is 305 g/mol. The first kappa shape index (κ1) is 17.6. The molecule has 1 aliphatic carbocycles. The van der Waals surface area contributed by atoms with Gasteiger partial charge in [0.25, 0.3) is 0 Å². The third-order valence-corrected chi connectivity index (χ3v) is 4.50. The van der Waals surface area contributed by atoms with E-state index in [-0.39, 0.29) is 18.6 Å². The van der Waals surface area contributed by atoms with Gasteiger partial charge in [0.1, 0.15) is 0 Å². The molecule has 0 aromatic heterocycles. The lowest BCUT2D eigenvalue weighted by atomic mass is 9.86. The molecule has 2 atom stereocenters. The van der Waals surface area contributed by atoms with Crippen LogP contribution in [0.15, 0.2) is 24.3 Å². The normalized spacial score (nSPS) is 21.8. The van der Waals surface area contributed by atoms with E-state index in [2.05, 4.69) is 12.2 Å². The van der Waals surface area contributed by atoms with Crippen molar-refractivity contribution in [2.75, 3.05) is 7.05 Å². The molecule has 0 radical (unpaired) electrons. The highest BCUT2D eigenvalue weighted by molar-refractivity contribution is 5.74. The summed E-state index contributed by atoms with van der Waals surface area (Å²) in [6.45, 7) is 2.42. The second-order valence-electron chi connectivity index (χ2n) is 6.39. The predicted molar refractivity (Wildman–Crippen MR) is 82.9 cm³/mol. The minimum absolute atomic E-state index is 0.177. The Morgan fingerprint density at radius 2 is 1.91 bits per heavy atom. The van der Waals surface area contributed by atoms with Crippen molar-refractivity contribution in [2.45, 2.75) is 51.4 Å². The number of nitrogens with zero attached hydrogens (tertiary/aromatic N) is 1. The van der Waals surface area contributed by atoms with Crippen LogP contribution < -0.4 is 5.32 Å². The summed E-state index contributed by atoms with van der Waals surface area (Å²) in [6, 6.07) is 4.93. The van der Waals surface area contributed by atoms with Crippen LogP contribution in [0.4, 0.5) is 18.0 Å². The van der Waals surface area contributed by atoms with Crippen molar-refractivity contribution in [3.05, 3.63) is 35.4 Å². The first-order valence-corrected chi connectivity index (χ1v) is 7.94. The van der Waals surface area contributed by atoms with E-state index in [1.165, 1.54) is 18.6 Å². The average molecular weight is 328 g/mol. The lowest BCUT2D eigenvalue weighted by molar-refractivity contribution is -0.137. The van der Waals surface area contributed by atoms with Crippen molar-refractivity contribution in [1.82, 2.24) is 10.2 Å². The Bertz CT molecular complexity index is 528. The van der Waals surface area contributed by atoms with Gasteiger partial charge in [-0.15, -0.1) is 0 Å². The van der Waals surface area contributed by atoms with E-state index in [9.17, 15) is 18.0 Å². The van der Waals surface area contributed by atoms with Gasteiger partial charge in [-0.25, -0.2) is 4.79 Å². The number of halogens is 3. The van der Waals surface area contributed by atoms with Crippen molar-refractivity contribution in [2.24, 2.45) is 5.92 Å². The zero-order chi connectivity index (χ0) is 17.0. The number of carbonyl (C=O) groups is 1. The maximum absolute atomic E-state index is 12.5. The molecule has 2 rings (SSSR count). The van der Waals surface area contributed by atoms with E-state index >= 15 is 0 Å². The molecule has 0 saturated heterocycles. The van der Waals surface area contributed by atoms with E-state index in [4.69, 9.17) is 0 Å². The first-order chi connectivity index (χ1) is 10.8. The zero-order valence-corrected chi connectivity index (χ0v) is 13.5. The number of alkyl halides is 3. The number of carbonyl (C=O) groups excluding carboxylic acids is 1. The fraction of sp³-hybridized carbons (Fsp3) is 0.588. The van der Waals surface area contributed by atoms with Crippen molar-refractivity contribution in [3.8, 4) is 0 Å². The Hall–Kier alpha value is -1.72. The highest BCUT2D eigenvalue weighted by atomic mass is 19.4. The van der Waals surface area contributed by atoms with Gasteiger partial charge in [0.05, 0.1) is 5.56 Å². The average Bonchev–Trinajstić information content (AvgIpc) is 2.51. The van der Waals surface area contributed by atoms with Gasteiger partial charge in [0, 0.05) is 19.6 Å². The van der Waals surface area contributed by atoms with E-state index < -0.39 is 11.7 Å². The monoisotopic (exact) mass is 328 g/mol. The molecule has 1 aromatic carbocycles. The molecule has 1 fully saturated rings. The summed E-state index contributed by atoms with van der Waals surface area (Å²) >= 11 is 0. The third-order valence-electron chi connectivity index (χ3n) is 4.50. The predicted octanol–water partition coefficient (Wildman–Crippen LogP) is 4.43. The van der Waals surface area contributed by atoms with Gasteiger partial charge in [-0.2, -0.15) is 13.2 Å². The Kier molecular flexibility index (Phi) is 5.55. The van der Waals surface area contributed by atoms with Gasteiger partial charge < -0.3 is 10.2 Å². The molecule has 1 saturated carbocycles. The van der Waals surface area contributed by atoms with Gasteiger partial charge in [0.15, 0.2) is 0 Å². The van der Waals surface area contributed by atoms with Crippen LogP contribution in [0, 0.1) is 5.92 Å². The number of benzene rings is 1. The van der Waals surface area contributed by atoms with Crippen molar-refractivity contribution < 1.29 is 18.0 Å². The van der Waals surface area contributed by atoms with Crippen molar-refractivity contribution >= 4 is 6.03 Å². The topological polar surface area (TPSA) is 32.3 Å². The van der Waals surface area contributed by atoms with Crippen LogP contribution in [-0.2, 0) is 12.7 Å². The van der Waals surface area contributed by atoms with E-state index in [1.54, 1.807) is 11.9 Å². The number of nitrogens with one attached hydrogen (secondary N) is 1. The first-order valence-electron chi connectivity index (χ1n) is 7.94. The smallest absolute Gasteiger partial charge is 0.334 e. The van der Waals surface area contributed by atoms with Gasteiger partial charge in [-0.3, -0.25) is 0 Å². The minimum atomic E-state index is -4.33. The number of urea groups is 1. The molecule has 1 N–H and O–H groups in total. The lowest BCUT2D eigenvalue weighted by Crippen LogP contribution is -2.45. The lowest BCUT2D eigenvalue weighted by Gasteiger charge is -2.34. The summed E-state index contributed by atoms with van der Waals surface area (Å²) in [5.41, 5.74) is -0.0300. The standard InChI is InChI=1S/C17H23F3N2O/c1-12-4-3-5-15(10-12)22(2)16(23)21-11-13-6-8-14(9-7-13)17(18,19)20/h6-9,12,15H,3-5,10-11H2,1-2H3,(H,21,23). The molecule has 23 heavy (non-hydrogen) atoms. The Morgan fingerprint density at radius 1 is 1.26 bits per heavy atom. The highest BCUT2D eigenvalue weighted by Crippen LogP contribution is 2.29. The summed E-state index contributed by atoms with van der Waals surface area (Å²) in [5, 5.41) is 2.77. The Balaban J connectivity index is 1.86. The van der Waals surface area contributed by atoms with Crippen LogP contribution in [0.1, 0.15) is 43.7 Å². The molecule has 2 amide bonds. The number of amides is 2. The number of hydrogen-bond acceptors (Lipinski definition) is 1. The van der Waals surface area contributed by atoms with E-state index in [0.29, 0.717) is 11.5 Å². The van der Waals surface area contributed by atoms with E-state index in [1.807, 2.05) is 0 Å². The third kappa shape index (κ3) is 4.88. The molecular formula is C17H23F3N2O. The second-order valence-corrected chi connectivity index (χ2v) is 6.39. The molecule has 0 bridgehead atoms.